The van der Waals surface area contributed by atoms with Gasteiger partial charge in [-0.1, -0.05) is 0 Å². The lowest BCUT2D eigenvalue weighted by atomic mass is 10.2. The Bertz CT molecular complexity index is 113. The smallest absolute Gasteiger partial charge is 0.280 e. The average molecular weight is 149 g/mol. The SMILES string of the molecule is CC1CC(C)O[P](=O)O1. The molecular weight excluding hydrogens is 139 g/mol. The summed E-state index contributed by atoms with van der Waals surface area (Å²) < 4.78 is 20.3. The van der Waals surface area contributed by atoms with Crippen molar-refractivity contribution >= 4 is 8.25 Å². The summed E-state index contributed by atoms with van der Waals surface area (Å²) in [4.78, 5) is 0. The maximum atomic E-state index is 10.6. The van der Waals surface area contributed by atoms with Crippen LogP contribution in [-0.4, -0.2) is 12.2 Å². The molecule has 1 aliphatic rings. The van der Waals surface area contributed by atoms with Crippen LogP contribution in [-0.2, 0) is 13.6 Å². The van der Waals surface area contributed by atoms with E-state index in [0.717, 1.165) is 6.42 Å². The predicted octanol–water partition coefficient (Wildman–Crippen LogP) is 1.86. The van der Waals surface area contributed by atoms with Crippen LogP contribution in [0.25, 0.3) is 0 Å². The first-order valence-electron chi connectivity index (χ1n) is 2.99. The van der Waals surface area contributed by atoms with Gasteiger partial charge in [-0.25, -0.2) is 4.57 Å². The highest BCUT2D eigenvalue weighted by molar-refractivity contribution is 7.33. The molecule has 1 heterocycles. The summed E-state index contributed by atoms with van der Waals surface area (Å²) in [5, 5.41) is 0. The second-order valence-electron chi connectivity index (χ2n) is 2.29. The molecule has 0 saturated carbocycles. The molecule has 0 N–H and O–H groups in total. The van der Waals surface area contributed by atoms with Gasteiger partial charge in [-0.15, -0.1) is 0 Å². The second kappa shape index (κ2) is 2.74. The summed E-state index contributed by atoms with van der Waals surface area (Å²) in [7, 11) is -1.82. The summed E-state index contributed by atoms with van der Waals surface area (Å²) in [6, 6.07) is 0. The molecule has 1 radical (unpaired) electrons. The fraction of sp³-hybridized carbons (Fsp3) is 1.00. The van der Waals surface area contributed by atoms with Crippen molar-refractivity contribution in [1.82, 2.24) is 0 Å². The molecule has 4 heteroatoms. The summed E-state index contributed by atoms with van der Waals surface area (Å²) in [6.45, 7) is 3.79. The van der Waals surface area contributed by atoms with Crippen LogP contribution in [0.1, 0.15) is 20.3 Å². The molecule has 0 spiro atoms. The average Bonchev–Trinajstić information content (AvgIpc) is 1.59. The first-order valence-corrected chi connectivity index (χ1v) is 4.09. The molecule has 3 nitrogen and oxygen atoms in total. The molecule has 0 aromatic rings. The van der Waals surface area contributed by atoms with Crippen LogP contribution in [0.5, 0.6) is 0 Å². The van der Waals surface area contributed by atoms with Crippen molar-refractivity contribution in [2.24, 2.45) is 0 Å². The van der Waals surface area contributed by atoms with Gasteiger partial charge in [0.15, 0.2) is 0 Å². The fourth-order valence-corrected chi connectivity index (χ4v) is 1.68. The van der Waals surface area contributed by atoms with E-state index >= 15 is 0 Å². The van der Waals surface area contributed by atoms with E-state index in [1.807, 2.05) is 13.8 Å². The van der Waals surface area contributed by atoms with Crippen LogP contribution in [0.15, 0.2) is 0 Å². The highest BCUT2D eigenvalue weighted by atomic mass is 31.1. The first-order chi connectivity index (χ1) is 4.18. The predicted molar refractivity (Wildman–Crippen MR) is 33.3 cm³/mol. The highest BCUT2D eigenvalue weighted by Crippen LogP contribution is 2.35. The van der Waals surface area contributed by atoms with E-state index in [4.69, 9.17) is 9.05 Å². The zero-order valence-corrected chi connectivity index (χ0v) is 6.43. The molecule has 9 heavy (non-hydrogen) atoms. The molecule has 0 aromatic heterocycles. The topological polar surface area (TPSA) is 35.5 Å². The van der Waals surface area contributed by atoms with Gasteiger partial charge in [0.2, 0.25) is 0 Å². The lowest BCUT2D eigenvalue weighted by molar-refractivity contribution is 0.0628. The Hall–Kier alpha value is 0.0200. The minimum absolute atomic E-state index is 0.0809. The normalized spacial score (nSPS) is 40.9. The third-order valence-electron chi connectivity index (χ3n) is 1.20. The Kier molecular flexibility index (Phi) is 2.17. The van der Waals surface area contributed by atoms with Crippen LogP contribution in [0.4, 0.5) is 0 Å². The lowest BCUT2D eigenvalue weighted by Crippen LogP contribution is -2.19. The van der Waals surface area contributed by atoms with Gasteiger partial charge in [0.05, 0.1) is 12.2 Å². The van der Waals surface area contributed by atoms with E-state index in [1.165, 1.54) is 0 Å². The van der Waals surface area contributed by atoms with E-state index in [-0.39, 0.29) is 12.2 Å². The largest absolute Gasteiger partial charge is 0.369 e. The fourth-order valence-electron chi connectivity index (χ4n) is 0.872. The van der Waals surface area contributed by atoms with Gasteiger partial charge < -0.3 is 0 Å². The summed E-state index contributed by atoms with van der Waals surface area (Å²) >= 11 is 0. The molecular formula is C5H10O3P. The minimum atomic E-state index is -1.82. The summed E-state index contributed by atoms with van der Waals surface area (Å²) in [5.74, 6) is 0. The van der Waals surface area contributed by atoms with Crippen molar-refractivity contribution in [1.29, 1.82) is 0 Å². The van der Waals surface area contributed by atoms with E-state index in [2.05, 4.69) is 0 Å². The van der Waals surface area contributed by atoms with E-state index in [0.29, 0.717) is 0 Å². The number of hydrogen-bond donors (Lipinski definition) is 0. The molecule has 0 amide bonds. The van der Waals surface area contributed by atoms with Crippen LogP contribution >= 0.6 is 8.25 Å². The maximum absolute atomic E-state index is 10.6. The van der Waals surface area contributed by atoms with Gasteiger partial charge >= 0.3 is 8.25 Å². The summed E-state index contributed by atoms with van der Waals surface area (Å²) in [5.41, 5.74) is 0. The van der Waals surface area contributed by atoms with E-state index in [9.17, 15) is 4.57 Å². The molecule has 53 valence electrons. The Morgan fingerprint density at radius 3 is 2.11 bits per heavy atom. The van der Waals surface area contributed by atoms with Gasteiger partial charge in [-0.2, -0.15) is 0 Å². The van der Waals surface area contributed by atoms with Crippen molar-refractivity contribution in [2.75, 3.05) is 0 Å². The van der Waals surface area contributed by atoms with E-state index in [1.54, 1.807) is 0 Å². The standard InChI is InChI=1S/C5H10O3P/c1-4-3-5(2)8-9(6)7-4/h4-5H,3H2,1-2H3. The number of hydrogen-bond acceptors (Lipinski definition) is 3. The molecule has 0 aromatic carbocycles. The van der Waals surface area contributed by atoms with Gasteiger partial charge in [-0.05, 0) is 13.8 Å². The molecule has 0 bridgehead atoms. The minimum Gasteiger partial charge on any atom is -0.280 e. The van der Waals surface area contributed by atoms with Crippen molar-refractivity contribution in [2.45, 2.75) is 32.5 Å². The second-order valence-corrected chi connectivity index (χ2v) is 3.16. The molecule has 1 fully saturated rings. The van der Waals surface area contributed by atoms with Crippen LogP contribution in [0, 0.1) is 0 Å². The third kappa shape index (κ3) is 2.01. The Labute approximate surface area is 55.3 Å². The molecule has 1 rings (SSSR count). The Morgan fingerprint density at radius 1 is 1.33 bits per heavy atom. The van der Waals surface area contributed by atoms with Gasteiger partial charge in [-0.3, -0.25) is 9.05 Å². The van der Waals surface area contributed by atoms with E-state index < -0.39 is 8.25 Å². The van der Waals surface area contributed by atoms with Crippen molar-refractivity contribution in [3.8, 4) is 0 Å². The first kappa shape index (κ1) is 7.13. The van der Waals surface area contributed by atoms with Gasteiger partial charge in [0, 0.05) is 6.42 Å². The third-order valence-corrected chi connectivity index (χ3v) is 2.26. The Balaban J connectivity index is 2.43. The molecule has 1 aliphatic heterocycles. The van der Waals surface area contributed by atoms with Crippen molar-refractivity contribution in [3.05, 3.63) is 0 Å². The summed E-state index contributed by atoms with van der Waals surface area (Å²) in [6.07, 6.45) is 0.996. The van der Waals surface area contributed by atoms with Crippen LogP contribution in [0.2, 0.25) is 0 Å². The van der Waals surface area contributed by atoms with Gasteiger partial charge in [0.25, 0.3) is 0 Å². The zero-order chi connectivity index (χ0) is 6.85. The highest BCUT2D eigenvalue weighted by Gasteiger charge is 2.22. The van der Waals surface area contributed by atoms with Gasteiger partial charge in [0.1, 0.15) is 0 Å². The molecule has 2 unspecified atom stereocenters. The monoisotopic (exact) mass is 149 g/mol. The van der Waals surface area contributed by atoms with Crippen LogP contribution < -0.4 is 0 Å². The molecule has 2 atom stereocenters. The molecule has 0 aliphatic carbocycles. The lowest BCUT2D eigenvalue weighted by Gasteiger charge is -2.21. The van der Waals surface area contributed by atoms with Crippen molar-refractivity contribution in [3.63, 3.8) is 0 Å². The molecule has 1 saturated heterocycles. The quantitative estimate of drug-likeness (QED) is 0.493. The number of rotatable bonds is 0. The maximum Gasteiger partial charge on any atom is 0.369 e. The van der Waals surface area contributed by atoms with Crippen LogP contribution in [0.3, 0.4) is 0 Å². The van der Waals surface area contributed by atoms with Crippen molar-refractivity contribution < 1.29 is 13.6 Å². The Morgan fingerprint density at radius 2 is 1.78 bits per heavy atom. The zero-order valence-electron chi connectivity index (χ0n) is 5.53.